The van der Waals surface area contributed by atoms with Gasteiger partial charge in [-0.15, -0.1) is 0 Å². The minimum Gasteiger partial charge on any atom is -0.506 e. The molecule has 0 aliphatic heterocycles. The molecular formula is C16H15FN2O4. The van der Waals surface area contributed by atoms with Crippen molar-refractivity contribution in [1.82, 2.24) is 0 Å². The fourth-order valence-electron chi connectivity index (χ4n) is 1.85. The number of rotatable bonds is 6. The van der Waals surface area contributed by atoms with E-state index in [2.05, 4.69) is 5.32 Å². The zero-order valence-electron chi connectivity index (χ0n) is 12.1. The molecule has 4 N–H and O–H groups in total. The number of phenols is 1. The van der Waals surface area contributed by atoms with Crippen LogP contribution in [-0.4, -0.2) is 16.9 Å². The molecule has 0 aliphatic carbocycles. The molecule has 0 heterocycles. The Morgan fingerprint density at radius 1 is 1.22 bits per heavy atom. The Hall–Kier alpha value is -3.09. The number of primary amides is 1. The van der Waals surface area contributed by atoms with Crippen LogP contribution in [0.25, 0.3) is 0 Å². The van der Waals surface area contributed by atoms with Gasteiger partial charge < -0.3 is 20.9 Å². The molecule has 23 heavy (non-hydrogen) atoms. The number of nitrogens with two attached hydrogens (primary N) is 1. The van der Waals surface area contributed by atoms with Crippen LogP contribution >= 0.6 is 0 Å². The maximum absolute atomic E-state index is 13.1. The topological polar surface area (TPSA) is 102 Å². The van der Waals surface area contributed by atoms with Gasteiger partial charge in [0.1, 0.15) is 30.3 Å². The van der Waals surface area contributed by atoms with Crippen LogP contribution in [0.1, 0.15) is 12.0 Å². The predicted molar refractivity (Wildman–Crippen MR) is 81.3 cm³/mol. The van der Waals surface area contributed by atoms with Crippen molar-refractivity contribution >= 4 is 17.5 Å². The van der Waals surface area contributed by atoms with Crippen LogP contribution in [0.4, 0.5) is 10.1 Å². The molecule has 7 heteroatoms. The fourth-order valence-corrected chi connectivity index (χ4v) is 1.85. The molecule has 6 nitrogen and oxygen atoms in total. The van der Waals surface area contributed by atoms with Crippen molar-refractivity contribution in [2.75, 3.05) is 5.32 Å². The molecule has 2 aromatic rings. The molecule has 0 unspecified atom stereocenters. The Morgan fingerprint density at radius 3 is 2.65 bits per heavy atom. The average Bonchev–Trinajstić information content (AvgIpc) is 2.47. The smallest absolute Gasteiger partial charge is 0.233 e. The van der Waals surface area contributed by atoms with Crippen molar-refractivity contribution in [2.45, 2.75) is 13.0 Å². The quantitative estimate of drug-likeness (QED) is 0.559. The third kappa shape index (κ3) is 4.99. The highest BCUT2D eigenvalue weighted by molar-refractivity contribution is 6.03. The van der Waals surface area contributed by atoms with Crippen LogP contribution in [0, 0.1) is 5.82 Å². The van der Waals surface area contributed by atoms with Crippen LogP contribution in [0.3, 0.4) is 0 Å². The Kier molecular flexibility index (Phi) is 5.14. The number of amides is 2. The van der Waals surface area contributed by atoms with E-state index in [0.717, 1.165) is 0 Å². The van der Waals surface area contributed by atoms with Crippen molar-refractivity contribution in [3.05, 3.63) is 53.8 Å². The van der Waals surface area contributed by atoms with Crippen molar-refractivity contribution in [2.24, 2.45) is 5.73 Å². The lowest BCUT2D eigenvalue weighted by Gasteiger charge is -2.10. The summed E-state index contributed by atoms with van der Waals surface area (Å²) in [6.45, 7) is 0.130. The second-order valence-corrected chi connectivity index (χ2v) is 4.79. The molecule has 0 spiro atoms. The number of halogens is 1. The molecule has 0 aromatic heterocycles. The summed E-state index contributed by atoms with van der Waals surface area (Å²) in [7, 11) is 0. The lowest BCUT2D eigenvalue weighted by molar-refractivity contribution is -0.124. The molecule has 2 amide bonds. The largest absolute Gasteiger partial charge is 0.506 e. The molecule has 2 rings (SSSR count). The summed E-state index contributed by atoms with van der Waals surface area (Å²) in [6, 6.07) is 10.2. The number of carbonyl (C=O) groups is 2. The van der Waals surface area contributed by atoms with Crippen molar-refractivity contribution in [1.29, 1.82) is 0 Å². The number of phenolic OH excluding ortho intramolecular Hbond substituents is 1. The Bertz CT molecular complexity index is 734. The SMILES string of the molecule is NC(=O)CC(=O)Nc1ccc(OCc2cccc(F)c2)cc1O. The maximum Gasteiger partial charge on any atom is 0.233 e. The van der Waals surface area contributed by atoms with Crippen LogP contribution < -0.4 is 15.8 Å². The number of aromatic hydroxyl groups is 1. The monoisotopic (exact) mass is 318 g/mol. The van der Waals surface area contributed by atoms with Gasteiger partial charge in [0.05, 0.1) is 5.69 Å². The van der Waals surface area contributed by atoms with E-state index in [1.807, 2.05) is 0 Å². The van der Waals surface area contributed by atoms with E-state index < -0.39 is 18.2 Å². The van der Waals surface area contributed by atoms with E-state index in [4.69, 9.17) is 10.5 Å². The lowest BCUT2D eigenvalue weighted by Crippen LogP contribution is -2.21. The molecule has 0 saturated heterocycles. The first-order chi connectivity index (χ1) is 10.9. The number of nitrogens with one attached hydrogen (secondary N) is 1. The first-order valence-corrected chi connectivity index (χ1v) is 6.72. The van der Waals surface area contributed by atoms with E-state index in [0.29, 0.717) is 11.3 Å². The summed E-state index contributed by atoms with van der Waals surface area (Å²) in [5, 5.41) is 12.2. The van der Waals surface area contributed by atoms with Crippen LogP contribution in [0.15, 0.2) is 42.5 Å². The van der Waals surface area contributed by atoms with Gasteiger partial charge in [-0.25, -0.2) is 4.39 Å². The van der Waals surface area contributed by atoms with E-state index in [1.54, 1.807) is 12.1 Å². The maximum atomic E-state index is 13.1. The number of benzene rings is 2. The summed E-state index contributed by atoms with van der Waals surface area (Å²) in [5.74, 6) is -1.63. The standard InChI is InChI=1S/C16H15FN2O4/c17-11-3-1-2-10(6-11)9-23-12-4-5-13(14(20)7-12)19-16(22)8-15(18)21/h1-7,20H,8-9H2,(H2,18,21)(H,19,22). The molecular weight excluding hydrogens is 303 g/mol. The molecule has 0 bridgehead atoms. The fraction of sp³-hybridized carbons (Fsp3) is 0.125. The normalized spacial score (nSPS) is 10.1. The van der Waals surface area contributed by atoms with E-state index in [-0.39, 0.29) is 23.9 Å². The predicted octanol–water partition coefficient (Wildman–Crippen LogP) is 1.92. The summed E-state index contributed by atoms with van der Waals surface area (Å²) >= 11 is 0. The summed E-state index contributed by atoms with van der Waals surface area (Å²) in [5.41, 5.74) is 5.68. The lowest BCUT2D eigenvalue weighted by atomic mass is 10.2. The Labute approximate surface area is 131 Å². The average molecular weight is 318 g/mol. The first-order valence-electron chi connectivity index (χ1n) is 6.72. The van der Waals surface area contributed by atoms with Gasteiger partial charge in [-0.2, -0.15) is 0 Å². The number of hydrogen-bond acceptors (Lipinski definition) is 4. The molecule has 0 radical (unpaired) electrons. The first kappa shape index (κ1) is 16.3. The van der Waals surface area contributed by atoms with Crippen molar-refractivity contribution in [3.8, 4) is 11.5 Å². The summed E-state index contributed by atoms with van der Waals surface area (Å²) in [4.78, 5) is 22.0. The molecule has 0 fully saturated rings. The van der Waals surface area contributed by atoms with Crippen molar-refractivity contribution in [3.63, 3.8) is 0 Å². The van der Waals surface area contributed by atoms with Crippen molar-refractivity contribution < 1.29 is 23.8 Å². The van der Waals surface area contributed by atoms with Crippen LogP contribution in [-0.2, 0) is 16.2 Å². The van der Waals surface area contributed by atoms with Gasteiger partial charge in [0.25, 0.3) is 0 Å². The zero-order valence-corrected chi connectivity index (χ0v) is 12.1. The second-order valence-electron chi connectivity index (χ2n) is 4.79. The summed E-state index contributed by atoms with van der Waals surface area (Å²) < 4.78 is 18.5. The third-order valence-corrected chi connectivity index (χ3v) is 2.87. The molecule has 0 atom stereocenters. The van der Waals surface area contributed by atoms with E-state index >= 15 is 0 Å². The number of carbonyl (C=O) groups excluding carboxylic acids is 2. The van der Waals surface area contributed by atoms with E-state index in [9.17, 15) is 19.1 Å². The van der Waals surface area contributed by atoms with E-state index in [1.165, 1.54) is 30.3 Å². The van der Waals surface area contributed by atoms with Gasteiger partial charge in [-0.3, -0.25) is 9.59 Å². The van der Waals surface area contributed by atoms with Gasteiger partial charge in [0.2, 0.25) is 11.8 Å². The number of ether oxygens (including phenoxy) is 1. The minimum atomic E-state index is -0.767. The number of anilines is 1. The second kappa shape index (κ2) is 7.26. The Balaban J connectivity index is 1.98. The minimum absolute atomic E-state index is 0.130. The zero-order chi connectivity index (χ0) is 16.8. The highest BCUT2D eigenvalue weighted by Crippen LogP contribution is 2.28. The van der Waals surface area contributed by atoms with Gasteiger partial charge >= 0.3 is 0 Å². The summed E-state index contributed by atoms with van der Waals surface area (Å²) in [6.07, 6.45) is -0.475. The highest BCUT2D eigenvalue weighted by atomic mass is 19.1. The highest BCUT2D eigenvalue weighted by Gasteiger charge is 2.10. The molecule has 2 aromatic carbocycles. The van der Waals surface area contributed by atoms with Gasteiger partial charge in [-0.1, -0.05) is 12.1 Å². The Morgan fingerprint density at radius 2 is 2.00 bits per heavy atom. The molecule has 0 saturated carbocycles. The van der Waals surface area contributed by atoms with Crippen LogP contribution in [0.2, 0.25) is 0 Å². The van der Waals surface area contributed by atoms with Crippen LogP contribution in [0.5, 0.6) is 11.5 Å². The number of hydrogen-bond donors (Lipinski definition) is 3. The van der Waals surface area contributed by atoms with Gasteiger partial charge in [0, 0.05) is 6.07 Å². The van der Waals surface area contributed by atoms with Gasteiger partial charge in [-0.05, 0) is 29.8 Å². The van der Waals surface area contributed by atoms with Gasteiger partial charge in [0.15, 0.2) is 0 Å². The molecule has 0 aliphatic rings. The molecule has 120 valence electrons. The third-order valence-electron chi connectivity index (χ3n) is 2.87.